The molecule has 2 heterocycles. The average molecular weight is 543 g/mol. The quantitative estimate of drug-likeness (QED) is 0.472. The van der Waals surface area contributed by atoms with Crippen LogP contribution in [0.2, 0.25) is 0 Å². The van der Waals surface area contributed by atoms with Crippen molar-refractivity contribution in [1.82, 2.24) is 9.80 Å². The van der Waals surface area contributed by atoms with E-state index in [2.05, 4.69) is 46.2 Å². The van der Waals surface area contributed by atoms with Crippen molar-refractivity contribution >= 4 is 5.91 Å². The third-order valence-electron chi connectivity index (χ3n) is 12.1. The van der Waals surface area contributed by atoms with Crippen LogP contribution in [0.5, 0.6) is 11.5 Å². The third kappa shape index (κ3) is 3.15. The molecule has 2 aromatic rings. The Morgan fingerprint density at radius 3 is 2.65 bits per heavy atom. The van der Waals surface area contributed by atoms with Crippen molar-refractivity contribution < 1.29 is 19.0 Å². The number of likely N-dealkylation sites (tertiary alicyclic amines) is 1. The minimum atomic E-state index is -0.437. The Bertz CT molecular complexity index is 1340. The van der Waals surface area contributed by atoms with E-state index in [9.17, 15) is 4.79 Å². The number of fused-ring (bicyclic) bond motifs is 2. The standard InChI is InChI=1S/C34H42N2O4/c1-22(37)36(20-23-7-5-4-6-8-23)21-26-18-32-13-14-34(26,39-3)31-33(32)15-16-35(19-24-9-10-24)28(32)17-25-11-12-27(38-2)30(40-31)29(25)33/h4-8,11-12,24,26,28,31H,9-10,13-21H2,1-3H3/t26-,28-,31-,32?,33?,34?/m1/s1. The maximum atomic E-state index is 13.1. The molecule has 0 aromatic heterocycles. The molecule has 7 aliphatic rings. The zero-order valence-electron chi connectivity index (χ0n) is 24.2. The van der Waals surface area contributed by atoms with Gasteiger partial charge in [-0.1, -0.05) is 36.4 Å². The van der Waals surface area contributed by atoms with Gasteiger partial charge in [0.2, 0.25) is 5.91 Å². The summed E-state index contributed by atoms with van der Waals surface area (Å²) in [7, 11) is 3.66. The van der Waals surface area contributed by atoms with Crippen molar-refractivity contribution in [3.63, 3.8) is 0 Å². The summed E-state index contributed by atoms with van der Waals surface area (Å²) >= 11 is 0. The van der Waals surface area contributed by atoms with E-state index in [1.165, 1.54) is 36.1 Å². The summed E-state index contributed by atoms with van der Waals surface area (Å²) in [4.78, 5) is 18.0. The lowest BCUT2D eigenvalue weighted by molar-refractivity contribution is -0.278. The lowest BCUT2D eigenvalue weighted by Gasteiger charge is -2.74. The van der Waals surface area contributed by atoms with Gasteiger partial charge in [-0.2, -0.15) is 0 Å². The maximum absolute atomic E-state index is 13.1. The number of piperidine rings is 1. The first-order valence-corrected chi connectivity index (χ1v) is 15.4. The smallest absolute Gasteiger partial charge is 0.219 e. The number of ether oxygens (including phenoxy) is 3. The lowest BCUT2D eigenvalue weighted by atomic mass is 9.34. The molecular formula is C34H42N2O4. The molecule has 1 amide bonds. The molecule has 2 aromatic carbocycles. The molecule has 6 heteroatoms. The van der Waals surface area contributed by atoms with Crippen molar-refractivity contribution in [2.45, 2.75) is 81.6 Å². The van der Waals surface area contributed by atoms with Crippen LogP contribution < -0.4 is 9.47 Å². The zero-order valence-corrected chi connectivity index (χ0v) is 24.2. The summed E-state index contributed by atoms with van der Waals surface area (Å²) in [6.07, 6.45) is 8.15. The summed E-state index contributed by atoms with van der Waals surface area (Å²) in [6, 6.07) is 15.3. The van der Waals surface area contributed by atoms with E-state index in [0.717, 1.165) is 56.1 Å². The van der Waals surface area contributed by atoms with Crippen LogP contribution in [-0.2, 0) is 27.9 Å². The van der Waals surface area contributed by atoms with Crippen molar-refractivity contribution in [3.05, 3.63) is 59.2 Å². The van der Waals surface area contributed by atoms with Gasteiger partial charge in [0.25, 0.3) is 0 Å². The number of nitrogens with zero attached hydrogens (tertiary/aromatic N) is 2. The predicted molar refractivity (Wildman–Crippen MR) is 153 cm³/mol. The highest BCUT2D eigenvalue weighted by Crippen LogP contribution is 2.76. The highest BCUT2D eigenvalue weighted by molar-refractivity contribution is 5.73. The molecule has 6 nitrogen and oxygen atoms in total. The van der Waals surface area contributed by atoms with E-state index in [0.29, 0.717) is 19.1 Å². The molecule has 2 aliphatic heterocycles. The Morgan fingerprint density at radius 2 is 1.93 bits per heavy atom. The van der Waals surface area contributed by atoms with Gasteiger partial charge in [0.15, 0.2) is 11.5 Å². The van der Waals surface area contributed by atoms with Crippen LogP contribution in [0.4, 0.5) is 0 Å². The summed E-state index contributed by atoms with van der Waals surface area (Å²) < 4.78 is 19.8. The van der Waals surface area contributed by atoms with Crippen LogP contribution in [0.1, 0.15) is 62.1 Å². The summed E-state index contributed by atoms with van der Waals surface area (Å²) in [5.74, 6) is 3.03. The van der Waals surface area contributed by atoms with Gasteiger partial charge >= 0.3 is 0 Å². The van der Waals surface area contributed by atoms with Crippen molar-refractivity contribution in [1.29, 1.82) is 0 Å². The second-order valence-corrected chi connectivity index (χ2v) is 13.6. The maximum Gasteiger partial charge on any atom is 0.219 e. The number of hydrogen-bond acceptors (Lipinski definition) is 5. The van der Waals surface area contributed by atoms with Crippen LogP contribution in [-0.4, -0.2) is 67.3 Å². The Hall–Kier alpha value is -2.57. The predicted octanol–water partition coefficient (Wildman–Crippen LogP) is 4.97. The molecular weight excluding hydrogens is 500 g/mol. The minimum absolute atomic E-state index is 0.0551. The molecule has 4 bridgehead atoms. The second kappa shape index (κ2) is 8.72. The van der Waals surface area contributed by atoms with Gasteiger partial charge in [0.05, 0.1) is 7.11 Å². The molecule has 4 saturated carbocycles. The number of carbonyl (C=O) groups is 1. The van der Waals surface area contributed by atoms with Gasteiger partial charge in [-0.05, 0) is 74.6 Å². The van der Waals surface area contributed by atoms with E-state index in [-0.39, 0.29) is 28.8 Å². The topological polar surface area (TPSA) is 51.2 Å². The number of hydrogen-bond donors (Lipinski definition) is 0. The number of carbonyl (C=O) groups excluding carboxylic acids is 1. The molecule has 212 valence electrons. The van der Waals surface area contributed by atoms with E-state index < -0.39 is 5.60 Å². The van der Waals surface area contributed by atoms with Gasteiger partial charge < -0.3 is 19.1 Å². The normalized spacial score (nSPS) is 36.6. The summed E-state index contributed by atoms with van der Waals surface area (Å²) in [5.41, 5.74) is 3.69. The first kappa shape index (κ1) is 25.2. The second-order valence-electron chi connectivity index (χ2n) is 13.6. The monoisotopic (exact) mass is 542 g/mol. The fourth-order valence-electron chi connectivity index (χ4n) is 10.3. The van der Waals surface area contributed by atoms with Gasteiger partial charge in [-0.25, -0.2) is 0 Å². The highest BCUT2D eigenvalue weighted by Gasteiger charge is 2.80. The third-order valence-corrected chi connectivity index (χ3v) is 12.1. The number of methoxy groups -OCH3 is 2. The molecule has 9 rings (SSSR count). The molecule has 40 heavy (non-hydrogen) atoms. The molecule has 1 saturated heterocycles. The van der Waals surface area contributed by atoms with Gasteiger partial charge in [0.1, 0.15) is 11.7 Å². The Kier molecular flexibility index (Phi) is 5.48. The van der Waals surface area contributed by atoms with E-state index >= 15 is 0 Å². The van der Waals surface area contributed by atoms with Crippen LogP contribution in [0.15, 0.2) is 42.5 Å². The molecule has 6 atom stereocenters. The van der Waals surface area contributed by atoms with Crippen molar-refractivity contribution in [3.8, 4) is 11.5 Å². The van der Waals surface area contributed by atoms with Gasteiger partial charge in [-0.15, -0.1) is 0 Å². The molecule has 5 aliphatic carbocycles. The molecule has 5 fully saturated rings. The average Bonchev–Trinajstić information content (AvgIpc) is 3.71. The van der Waals surface area contributed by atoms with E-state index in [4.69, 9.17) is 14.2 Å². The lowest BCUT2D eigenvalue weighted by Crippen LogP contribution is -2.81. The van der Waals surface area contributed by atoms with E-state index in [1.807, 2.05) is 13.2 Å². The fraction of sp³-hybridized carbons (Fsp3) is 0.618. The first-order valence-electron chi connectivity index (χ1n) is 15.4. The number of rotatable bonds is 8. The van der Waals surface area contributed by atoms with Gasteiger partial charge in [0, 0.05) is 62.0 Å². The van der Waals surface area contributed by atoms with Crippen molar-refractivity contribution in [2.24, 2.45) is 17.3 Å². The van der Waals surface area contributed by atoms with E-state index in [1.54, 1.807) is 14.0 Å². The van der Waals surface area contributed by atoms with Crippen LogP contribution in [0.3, 0.4) is 0 Å². The Morgan fingerprint density at radius 1 is 1.10 bits per heavy atom. The zero-order chi connectivity index (χ0) is 27.3. The SMILES string of the molecule is COc1ccc2c3c1O[C@H]1C4(OC)CCC5(C[C@@H]4CN(Cc4ccccc4)C(C)=O)[C@@H](C2)N(CC2CC2)CCC315. The summed E-state index contributed by atoms with van der Waals surface area (Å²) in [6.45, 7) is 5.42. The van der Waals surface area contributed by atoms with Gasteiger partial charge in [-0.3, -0.25) is 9.69 Å². The number of amides is 1. The Labute approximate surface area is 238 Å². The molecule has 3 unspecified atom stereocenters. The Balaban J connectivity index is 1.25. The largest absolute Gasteiger partial charge is 0.493 e. The molecule has 0 N–H and O–H groups in total. The van der Waals surface area contributed by atoms with Crippen LogP contribution >= 0.6 is 0 Å². The first-order chi connectivity index (χ1) is 19.5. The minimum Gasteiger partial charge on any atom is -0.493 e. The van der Waals surface area contributed by atoms with Crippen molar-refractivity contribution in [2.75, 3.05) is 33.9 Å². The van der Waals surface area contributed by atoms with Crippen LogP contribution in [0, 0.1) is 17.3 Å². The van der Waals surface area contributed by atoms with Crippen LogP contribution in [0.25, 0.3) is 0 Å². The molecule has 2 spiro atoms. The highest BCUT2D eigenvalue weighted by atomic mass is 16.6. The molecule has 0 radical (unpaired) electrons. The number of benzene rings is 2. The summed E-state index contributed by atoms with van der Waals surface area (Å²) in [5, 5.41) is 0. The fourth-order valence-corrected chi connectivity index (χ4v) is 10.3.